The number of hydrogen-bond donors (Lipinski definition) is 2. The molecule has 2 N–H and O–H groups in total. The van der Waals surface area contributed by atoms with Gasteiger partial charge in [0.05, 0.1) is 24.2 Å². The first-order valence-electron chi connectivity index (χ1n) is 5.04. The van der Waals surface area contributed by atoms with Gasteiger partial charge in [0.2, 0.25) is 5.82 Å². The second-order valence-electron chi connectivity index (χ2n) is 3.90. The highest BCUT2D eigenvalue weighted by atomic mass is 16.6. The van der Waals surface area contributed by atoms with Gasteiger partial charge in [0.25, 0.3) is 5.88 Å². The van der Waals surface area contributed by atoms with Crippen LogP contribution in [-0.4, -0.2) is 39.3 Å². The van der Waals surface area contributed by atoms with Gasteiger partial charge in [0.1, 0.15) is 6.33 Å². The Morgan fingerprint density at radius 1 is 1.65 bits per heavy atom. The maximum atomic E-state index is 10.9. The van der Waals surface area contributed by atoms with E-state index in [9.17, 15) is 10.1 Å². The lowest BCUT2D eigenvalue weighted by atomic mass is 10.3. The fourth-order valence-electron chi connectivity index (χ4n) is 1.49. The molecule has 0 aromatic carbocycles. The van der Waals surface area contributed by atoms with E-state index in [0.29, 0.717) is 0 Å². The molecule has 92 valence electrons. The molecule has 0 bridgehead atoms. The molecule has 1 aliphatic carbocycles. The monoisotopic (exact) mass is 240 g/mol. The summed E-state index contributed by atoms with van der Waals surface area (Å²) in [5, 5.41) is 23.0. The topological polar surface area (TPSA) is 110 Å². The van der Waals surface area contributed by atoms with E-state index in [0.717, 1.165) is 12.8 Å². The van der Waals surface area contributed by atoms with E-state index in [1.807, 2.05) is 0 Å². The van der Waals surface area contributed by atoms with E-state index in [2.05, 4.69) is 15.3 Å². The smallest absolute Gasteiger partial charge is 0.372 e. The zero-order valence-electron chi connectivity index (χ0n) is 9.21. The Morgan fingerprint density at radius 2 is 2.35 bits per heavy atom. The highest BCUT2D eigenvalue weighted by molar-refractivity contribution is 5.62. The summed E-state index contributed by atoms with van der Waals surface area (Å²) in [5.74, 6) is -0.0189. The maximum Gasteiger partial charge on any atom is 0.372 e. The highest BCUT2D eigenvalue weighted by Gasteiger charge is 2.44. The number of nitro groups is 1. The average molecular weight is 240 g/mol. The predicted molar refractivity (Wildman–Crippen MR) is 57.9 cm³/mol. The number of nitrogens with one attached hydrogen (secondary N) is 1. The van der Waals surface area contributed by atoms with Gasteiger partial charge in [0, 0.05) is 0 Å². The first-order chi connectivity index (χ1) is 8.12. The van der Waals surface area contributed by atoms with Crippen molar-refractivity contribution >= 4 is 11.5 Å². The lowest BCUT2D eigenvalue weighted by molar-refractivity contribution is -0.385. The van der Waals surface area contributed by atoms with E-state index in [4.69, 9.17) is 9.84 Å². The van der Waals surface area contributed by atoms with Gasteiger partial charge in [-0.25, -0.2) is 4.98 Å². The third-order valence-corrected chi connectivity index (χ3v) is 2.70. The molecule has 0 saturated heterocycles. The van der Waals surface area contributed by atoms with Gasteiger partial charge in [-0.2, -0.15) is 4.98 Å². The number of anilines is 1. The van der Waals surface area contributed by atoms with Crippen molar-refractivity contribution in [1.82, 2.24) is 9.97 Å². The Hall–Kier alpha value is -1.96. The molecule has 0 spiro atoms. The molecular formula is C9H12N4O4. The molecule has 1 heterocycles. The number of aliphatic hydroxyl groups is 1. The number of aliphatic hydroxyl groups excluding tert-OH is 1. The predicted octanol–water partition coefficient (Wildman–Crippen LogP) is 0.330. The minimum atomic E-state index is -0.603. The Kier molecular flexibility index (Phi) is 2.80. The molecule has 8 nitrogen and oxygen atoms in total. The third-order valence-electron chi connectivity index (χ3n) is 2.70. The van der Waals surface area contributed by atoms with Crippen molar-refractivity contribution in [2.45, 2.75) is 18.4 Å². The maximum absolute atomic E-state index is 10.9. The van der Waals surface area contributed by atoms with Crippen molar-refractivity contribution in [3.05, 3.63) is 16.4 Å². The lowest BCUT2D eigenvalue weighted by Gasteiger charge is -2.14. The van der Waals surface area contributed by atoms with Gasteiger partial charge in [-0.3, -0.25) is 10.1 Å². The molecule has 8 heteroatoms. The number of hydrogen-bond acceptors (Lipinski definition) is 7. The summed E-state index contributed by atoms with van der Waals surface area (Å²) >= 11 is 0. The Morgan fingerprint density at radius 3 is 2.82 bits per heavy atom. The van der Waals surface area contributed by atoms with Crippen LogP contribution < -0.4 is 10.1 Å². The largest absolute Gasteiger partial charge is 0.476 e. The molecule has 2 rings (SSSR count). The highest BCUT2D eigenvalue weighted by Crippen LogP contribution is 2.41. The van der Waals surface area contributed by atoms with Crippen LogP contribution in [0.25, 0.3) is 0 Å². The summed E-state index contributed by atoms with van der Waals surface area (Å²) < 4.78 is 4.82. The first-order valence-corrected chi connectivity index (χ1v) is 5.04. The molecular weight excluding hydrogens is 228 g/mol. The van der Waals surface area contributed by atoms with E-state index >= 15 is 0 Å². The van der Waals surface area contributed by atoms with Crippen molar-refractivity contribution in [2.24, 2.45) is 0 Å². The van der Waals surface area contributed by atoms with Gasteiger partial charge in [0.15, 0.2) is 0 Å². The normalized spacial score (nSPS) is 16.4. The fraction of sp³-hybridized carbons (Fsp3) is 0.556. The van der Waals surface area contributed by atoms with Crippen molar-refractivity contribution in [3.8, 4) is 5.88 Å². The second kappa shape index (κ2) is 4.13. The summed E-state index contributed by atoms with van der Waals surface area (Å²) in [4.78, 5) is 17.8. The molecule has 0 amide bonds. The SMILES string of the molecule is COc1ncnc(NC2(CO)CC2)c1[N+](=O)[O-]. The molecule has 17 heavy (non-hydrogen) atoms. The molecule has 1 aliphatic rings. The number of ether oxygens (including phenoxy) is 1. The molecule has 0 aliphatic heterocycles. The molecule has 1 fully saturated rings. The van der Waals surface area contributed by atoms with Crippen LogP contribution in [0, 0.1) is 10.1 Å². The molecule has 1 saturated carbocycles. The number of aromatic nitrogens is 2. The Balaban J connectivity index is 2.36. The van der Waals surface area contributed by atoms with Crippen molar-refractivity contribution in [1.29, 1.82) is 0 Å². The van der Waals surface area contributed by atoms with Crippen LogP contribution in [0.3, 0.4) is 0 Å². The molecule has 1 aromatic heterocycles. The van der Waals surface area contributed by atoms with Gasteiger partial charge in [-0.05, 0) is 12.8 Å². The summed E-state index contributed by atoms with van der Waals surface area (Å²) in [6, 6.07) is 0. The zero-order valence-corrected chi connectivity index (χ0v) is 9.21. The first kappa shape index (κ1) is 11.5. The van der Waals surface area contributed by atoms with E-state index < -0.39 is 10.5 Å². The van der Waals surface area contributed by atoms with E-state index in [-0.39, 0.29) is 24.0 Å². The van der Waals surface area contributed by atoms with Gasteiger partial charge in [-0.15, -0.1) is 0 Å². The zero-order chi connectivity index (χ0) is 12.5. The quantitative estimate of drug-likeness (QED) is 0.563. The molecule has 0 radical (unpaired) electrons. The van der Waals surface area contributed by atoms with Crippen LogP contribution in [0.15, 0.2) is 6.33 Å². The second-order valence-corrected chi connectivity index (χ2v) is 3.90. The minimum absolute atomic E-state index is 0.0772. The number of nitrogens with zero attached hydrogens (tertiary/aromatic N) is 3. The minimum Gasteiger partial charge on any atom is -0.476 e. The van der Waals surface area contributed by atoms with Gasteiger partial charge >= 0.3 is 5.69 Å². The van der Waals surface area contributed by atoms with Crippen LogP contribution in [0.5, 0.6) is 5.88 Å². The molecule has 1 aromatic rings. The summed E-state index contributed by atoms with van der Waals surface area (Å²) in [6.45, 7) is -0.0868. The standard InChI is InChI=1S/C9H12N4O4/c1-17-8-6(13(15)16)7(10-5-11-8)12-9(4-14)2-3-9/h5,14H,2-4H2,1H3,(H,10,11,12). The van der Waals surface area contributed by atoms with E-state index in [1.54, 1.807) is 0 Å². The van der Waals surface area contributed by atoms with Crippen LogP contribution in [0.1, 0.15) is 12.8 Å². The number of methoxy groups -OCH3 is 1. The summed E-state index contributed by atoms with van der Waals surface area (Å²) in [5.41, 5.74) is -0.792. The Bertz CT molecular complexity index is 447. The molecule has 0 unspecified atom stereocenters. The van der Waals surface area contributed by atoms with Crippen molar-refractivity contribution in [2.75, 3.05) is 19.0 Å². The van der Waals surface area contributed by atoms with Crippen molar-refractivity contribution in [3.63, 3.8) is 0 Å². The third kappa shape index (κ3) is 2.11. The van der Waals surface area contributed by atoms with Gasteiger partial charge < -0.3 is 15.2 Å². The summed E-state index contributed by atoms with van der Waals surface area (Å²) in [6.07, 6.45) is 2.70. The van der Waals surface area contributed by atoms with Crippen LogP contribution >= 0.6 is 0 Å². The fourth-order valence-corrected chi connectivity index (χ4v) is 1.49. The van der Waals surface area contributed by atoms with Crippen molar-refractivity contribution < 1.29 is 14.8 Å². The number of rotatable bonds is 5. The average Bonchev–Trinajstić information content (AvgIpc) is 3.08. The lowest BCUT2D eigenvalue weighted by Crippen LogP contribution is -2.26. The van der Waals surface area contributed by atoms with Crippen LogP contribution in [0.2, 0.25) is 0 Å². The van der Waals surface area contributed by atoms with E-state index in [1.165, 1.54) is 13.4 Å². The molecule has 0 atom stereocenters. The van der Waals surface area contributed by atoms with Crippen LogP contribution in [-0.2, 0) is 0 Å². The Labute approximate surface area is 96.8 Å². The van der Waals surface area contributed by atoms with Crippen LogP contribution in [0.4, 0.5) is 11.5 Å². The summed E-state index contributed by atoms with van der Waals surface area (Å²) in [7, 11) is 1.30. The van der Waals surface area contributed by atoms with Gasteiger partial charge in [-0.1, -0.05) is 0 Å².